The molecular weight excluding hydrogens is 432 g/mol. The van der Waals surface area contributed by atoms with Gasteiger partial charge in [-0.2, -0.15) is 21.5 Å². The van der Waals surface area contributed by atoms with Gasteiger partial charge in [0.05, 0.1) is 30.2 Å². The molecule has 0 bridgehead atoms. The standard InChI is InChI=1S/C26H24N4O2S/c1-3-25(31)30-23(15-22(27-30)20-11-7-8-12-24(20)32-2)21-16-29(19-9-5-4-6-10-19)28-26(21)18-13-14-33-17-18/h4-14,16-17,23H,3,15H2,1-2H3/t23-/m0/s1. The third kappa shape index (κ3) is 3.96. The lowest BCUT2D eigenvalue weighted by molar-refractivity contribution is -0.132. The smallest absolute Gasteiger partial charge is 0.242 e. The number of hydrazone groups is 1. The maximum absolute atomic E-state index is 13.0. The molecule has 2 aromatic carbocycles. The molecule has 1 atom stereocenters. The van der Waals surface area contributed by atoms with Crippen molar-refractivity contribution < 1.29 is 9.53 Å². The van der Waals surface area contributed by atoms with Gasteiger partial charge in [0.25, 0.3) is 0 Å². The van der Waals surface area contributed by atoms with Crippen LogP contribution < -0.4 is 4.74 Å². The largest absolute Gasteiger partial charge is 0.496 e. The van der Waals surface area contributed by atoms with Gasteiger partial charge in [-0.3, -0.25) is 4.79 Å². The number of para-hydroxylation sites is 2. The van der Waals surface area contributed by atoms with E-state index in [-0.39, 0.29) is 11.9 Å². The van der Waals surface area contributed by atoms with Crippen LogP contribution in [-0.4, -0.2) is 33.5 Å². The van der Waals surface area contributed by atoms with E-state index in [4.69, 9.17) is 14.9 Å². The number of benzene rings is 2. The lowest BCUT2D eigenvalue weighted by Gasteiger charge is -2.21. The minimum absolute atomic E-state index is 0.0198. The predicted molar refractivity (Wildman–Crippen MR) is 131 cm³/mol. The number of rotatable bonds is 6. The zero-order chi connectivity index (χ0) is 22.8. The molecule has 1 amide bonds. The Morgan fingerprint density at radius 3 is 2.64 bits per heavy atom. The van der Waals surface area contributed by atoms with E-state index in [1.165, 1.54) is 0 Å². The highest BCUT2D eigenvalue weighted by atomic mass is 32.1. The van der Waals surface area contributed by atoms with Crippen LogP contribution in [0.5, 0.6) is 5.75 Å². The number of nitrogens with zero attached hydrogens (tertiary/aromatic N) is 4. The molecule has 0 N–H and O–H groups in total. The molecule has 0 spiro atoms. The van der Waals surface area contributed by atoms with Crippen LogP contribution in [0.15, 0.2) is 82.7 Å². The van der Waals surface area contributed by atoms with Crippen LogP contribution in [0.2, 0.25) is 0 Å². The molecule has 0 fully saturated rings. The molecule has 166 valence electrons. The van der Waals surface area contributed by atoms with E-state index >= 15 is 0 Å². The van der Waals surface area contributed by atoms with Gasteiger partial charge in [-0.1, -0.05) is 37.3 Å². The van der Waals surface area contributed by atoms with Crippen molar-refractivity contribution >= 4 is 23.0 Å². The van der Waals surface area contributed by atoms with Crippen molar-refractivity contribution in [2.24, 2.45) is 5.10 Å². The van der Waals surface area contributed by atoms with Crippen molar-refractivity contribution in [3.05, 3.63) is 88.7 Å². The van der Waals surface area contributed by atoms with Crippen LogP contribution in [-0.2, 0) is 4.79 Å². The van der Waals surface area contributed by atoms with E-state index in [0.29, 0.717) is 12.8 Å². The minimum atomic E-state index is -0.246. The Hall–Kier alpha value is -3.71. The number of methoxy groups -OCH3 is 1. The molecule has 0 radical (unpaired) electrons. The van der Waals surface area contributed by atoms with Gasteiger partial charge >= 0.3 is 0 Å². The first-order valence-corrected chi connectivity index (χ1v) is 11.8. The first kappa shape index (κ1) is 21.2. The van der Waals surface area contributed by atoms with E-state index in [2.05, 4.69) is 11.4 Å². The maximum atomic E-state index is 13.0. The molecule has 1 aliphatic heterocycles. The Labute approximate surface area is 196 Å². The third-order valence-electron chi connectivity index (χ3n) is 5.80. The normalized spacial score (nSPS) is 15.5. The summed E-state index contributed by atoms with van der Waals surface area (Å²) in [6.45, 7) is 1.86. The molecule has 5 rings (SSSR count). The predicted octanol–water partition coefficient (Wildman–Crippen LogP) is 5.70. The molecule has 0 unspecified atom stereocenters. The average Bonchev–Trinajstić information content (AvgIpc) is 3.63. The molecular formula is C26H24N4O2S. The zero-order valence-electron chi connectivity index (χ0n) is 18.5. The Kier molecular flexibility index (Phi) is 5.79. The second-order valence-electron chi connectivity index (χ2n) is 7.78. The SMILES string of the molecule is CCC(=O)N1N=C(c2ccccc2OC)C[C@H]1c1cn(-c2ccccc2)nc1-c1ccsc1. The summed E-state index contributed by atoms with van der Waals surface area (Å²) in [7, 11) is 1.65. The molecule has 0 saturated carbocycles. The minimum Gasteiger partial charge on any atom is -0.496 e. The fraction of sp³-hybridized carbons (Fsp3) is 0.192. The van der Waals surface area contributed by atoms with Crippen LogP contribution in [0.3, 0.4) is 0 Å². The van der Waals surface area contributed by atoms with Gasteiger partial charge in [-0.05, 0) is 35.7 Å². The van der Waals surface area contributed by atoms with Crippen molar-refractivity contribution in [2.75, 3.05) is 7.11 Å². The molecule has 3 heterocycles. The van der Waals surface area contributed by atoms with E-state index < -0.39 is 0 Å². The highest BCUT2D eigenvalue weighted by Gasteiger charge is 2.36. The first-order chi connectivity index (χ1) is 16.2. The van der Waals surface area contributed by atoms with Crippen molar-refractivity contribution in [3.8, 4) is 22.7 Å². The number of aromatic nitrogens is 2. The molecule has 33 heavy (non-hydrogen) atoms. The lowest BCUT2D eigenvalue weighted by Crippen LogP contribution is -2.26. The number of carbonyl (C=O) groups excluding carboxylic acids is 1. The van der Waals surface area contributed by atoms with Crippen LogP contribution in [0.4, 0.5) is 0 Å². The summed E-state index contributed by atoms with van der Waals surface area (Å²) in [5.41, 5.74) is 5.60. The Bertz CT molecular complexity index is 1300. The summed E-state index contributed by atoms with van der Waals surface area (Å²) in [6.07, 6.45) is 2.99. The van der Waals surface area contributed by atoms with Crippen LogP contribution >= 0.6 is 11.3 Å². The number of thiophene rings is 1. The van der Waals surface area contributed by atoms with Crippen molar-refractivity contribution in [1.82, 2.24) is 14.8 Å². The molecule has 2 aromatic heterocycles. The Balaban J connectivity index is 1.61. The van der Waals surface area contributed by atoms with E-state index in [1.807, 2.05) is 77.8 Å². The highest BCUT2D eigenvalue weighted by molar-refractivity contribution is 7.08. The molecule has 7 heteroatoms. The van der Waals surface area contributed by atoms with E-state index in [9.17, 15) is 4.79 Å². The summed E-state index contributed by atoms with van der Waals surface area (Å²) < 4.78 is 7.45. The quantitative estimate of drug-likeness (QED) is 0.374. The Morgan fingerprint density at radius 1 is 1.12 bits per heavy atom. The fourth-order valence-electron chi connectivity index (χ4n) is 4.16. The van der Waals surface area contributed by atoms with Gasteiger partial charge in [0.1, 0.15) is 5.75 Å². The molecule has 1 aliphatic rings. The van der Waals surface area contributed by atoms with Crippen molar-refractivity contribution in [3.63, 3.8) is 0 Å². The van der Waals surface area contributed by atoms with E-state index in [0.717, 1.165) is 39.5 Å². The number of ether oxygens (including phenoxy) is 1. The van der Waals surface area contributed by atoms with Gasteiger partial charge in [0.15, 0.2) is 0 Å². The molecule has 0 saturated heterocycles. The fourth-order valence-corrected chi connectivity index (χ4v) is 4.80. The van der Waals surface area contributed by atoms with Crippen molar-refractivity contribution in [2.45, 2.75) is 25.8 Å². The number of hydrogen-bond donors (Lipinski definition) is 0. The molecule has 0 aliphatic carbocycles. The topological polar surface area (TPSA) is 59.7 Å². The number of amides is 1. The highest BCUT2D eigenvalue weighted by Crippen LogP contribution is 2.40. The maximum Gasteiger partial charge on any atom is 0.242 e. The monoisotopic (exact) mass is 456 g/mol. The van der Waals surface area contributed by atoms with Crippen LogP contribution in [0.1, 0.15) is 36.9 Å². The summed E-state index contributed by atoms with van der Waals surface area (Å²) in [5.74, 6) is 0.729. The third-order valence-corrected chi connectivity index (χ3v) is 6.49. The number of hydrogen-bond acceptors (Lipinski definition) is 5. The second kappa shape index (κ2) is 9.03. The van der Waals surface area contributed by atoms with Crippen LogP contribution in [0.25, 0.3) is 16.9 Å². The zero-order valence-corrected chi connectivity index (χ0v) is 19.3. The van der Waals surface area contributed by atoms with Gasteiger partial charge in [-0.15, -0.1) is 0 Å². The Morgan fingerprint density at radius 2 is 1.91 bits per heavy atom. The summed E-state index contributed by atoms with van der Waals surface area (Å²) >= 11 is 1.63. The van der Waals surface area contributed by atoms with Gasteiger partial charge in [-0.25, -0.2) is 9.69 Å². The van der Waals surface area contributed by atoms with Gasteiger partial charge < -0.3 is 4.74 Å². The van der Waals surface area contributed by atoms with Gasteiger partial charge in [0.2, 0.25) is 5.91 Å². The van der Waals surface area contributed by atoms with E-state index in [1.54, 1.807) is 23.5 Å². The summed E-state index contributed by atoms with van der Waals surface area (Å²) in [5, 5.41) is 15.5. The number of carbonyl (C=O) groups is 1. The second-order valence-corrected chi connectivity index (χ2v) is 8.56. The van der Waals surface area contributed by atoms with Gasteiger partial charge in [0, 0.05) is 41.1 Å². The summed E-state index contributed by atoms with van der Waals surface area (Å²) in [6, 6.07) is 19.6. The average molecular weight is 457 g/mol. The molecule has 4 aromatic rings. The van der Waals surface area contributed by atoms with Crippen LogP contribution in [0, 0.1) is 0 Å². The lowest BCUT2D eigenvalue weighted by atomic mass is 9.96. The van der Waals surface area contributed by atoms with Crippen molar-refractivity contribution in [1.29, 1.82) is 0 Å². The first-order valence-electron chi connectivity index (χ1n) is 10.9. The molecule has 6 nitrogen and oxygen atoms in total. The summed E-state index contributed by atoms with van der Waals surface area (Å²) in [4.78, 5) is 13.0.